The van der Waals surface area contributed by atoms with E-state index in [4.69, 9.17) is 5.73 Å². The zero-order chi connectivity index (χ0) is 9.80. The monoisotopic (exact) mass is 185 g/mol. The smallest absolute Gasteiger partial charge is 0.0415 e. The van der Waals surface area contributed by atoms with Crippen LogP contribution in [-0.4, -0.2) is 4.98 Å². The predicted molar refractivity (Wildman–Crippen MR) is 58.4 cm³/mol. The van der Waals surface area contributed by atoms with Gasteiger partial charge in [0.1, 0.15) is 0 Å². The fraction of sp³-hybridized carbons (Fsp3) is 0. The highest BCUT2D eigenvalue weighted by atomic mass is 14.9. The van der Waals surface area contributed by atoms with E-state index in [1.54, 1.807) is 12.4 Å². The minimum Gasteiger partial charge on any atom is -0.399 e. The van der Waals surface area contributed by atoms with Crippen molar-refractivity contribution in [3.8, 4) is 0 Å². The Morgan fingerprint density at radius 1 is 0.857 bits per heavy atom. The molecule has 1 aromatic carbocycles. The van der Waals surface area contributed by atoms with E-state index in [0.717, 1.165) is 17.1 Å². The Bertz CT molecular complexity index is 395. The van der Waals surface area contributed by atoms with Gasteiger partial charge in [-0.25, -0.2) is 0 Å². The van der Waals surface area contributed by atoms with Crippen molar-refractivity contribution in [3.05, 3.63) is 48.8 Å². The maximum atomic E-state index is 5.58. The molecule has 0 aliphatic heterocycles. The molecule has 1 aromatic heterocycles. The van der Waals surface area contributed by atoms with Crippen molar-refractivity contribution in [2.75, 3.05) is 11.1 Å². The number of benzene rings is 1. The standard InChI is InChI=1S/C11H11N3/c12-9-1-3-10(4-2-9)14-11-5-7-13-8-6-11/h1-8H,12H2,(H,13,14). The highest BCUT2D eigenvalue weighted by Crippen LogP contribution is 2.16. The molecule has 0 radical (unpaired) electrons. The van der Waals surface area contributed by atoms with Crippen LogP contribution in [0.1, 0.15) is 0 Å². The Balaban J connectivity index is 2.16. The SMILES string of the molecule is Nc1ccc(Nc2ccncc2)cc1. The molecule has 3 heteroatoms. The highest BCUT2D eigenvalue weighted by molar-refractivity contribution is 5.61. The van der Waals surface area contributed by atoms with Crippen LogP contribution in [0, 0.1) is 0 Å². The maximum absolute atomic E-state index is 5.58. The maximum Gasteiger partial charge on any atom is 0.0415 e. The van der Waals surface area contributed by atoms with E-state index in [9.17, 15) is 0 Å². The average molecular weight is 185 g/mol. The van der Waals surface area contributed by atoms with Crippen molar-refractivity contribution < 1.29 is 0 Å². The topological polar surface area (TPSA) is 50.9 Å². The molecule has 0 saturated heterocycles. The summed E-state index contributed by atoms with van der Waals surface area (Å²) < 4.78 is 0. The number of aromatic nitrogens is 1. The van der Waals surface area contributed by atoms with Gasteiger partial charge < -0.3 is 11.1 Å². The second kappa shape index (κ2) is 3.79. The van der Waals surface area contributed by atoms with Crippen molar-refractivity contribution in [1.29, 1.82) is 0 Å². The van der Waals surface area contributed by atoms with E-state index >= 15 is 0 Å². The molecule has 70 valence electrons. The Morgan fingerprint density at radius 3 is 2.07 bits per heavy atom. The fourth-order valence-corrected chi connectivity index (χ4v) is 1.17. The van der Waals surface area contributed by atoms with Gasteiger partial charge in [-0.15, -0.1) is 0 Å². The van der Waals surface area contributed by atoms with Gasteiger partial charge in [-0.2, -0.15) is 0 Å². The third-order valence-corrected chi connectivity index (χ3v) is 1.88. The number of nitrogens with two attached hydrogens (primary N) is 1. The molecule has 0 spiro atoms. The molecule has 0 amide bonds. The number of pyridine rings is 1. The Kier molecular flexibility index (Phi) is 2.32. The van der Waals surface area contributed by atoms with Crippen molar-refractivity contribution >= 4 is 17.1 Å². The molecule has 0 atom stereocenters. The van der Waals surface area contributed by atoms with Gasteiger partial charge >= 0.3 is 0 Å². The zero-order valence-corrected chi connectivity index (χ0v) is 7.64. The summed E-state index contributed by atoms with van der Waals surface area (Å²) in [6, 6.07) is 11.4. The van der Waals surface area contributed by atoms with Gasteiger partial charge in [0.15, 0.2) is 0 Å². The largest absolute Gasteiger partial charge is 0.399 e. The molecule has 3 N–H and O–H groups in total. The second-order valence-corrected chi connectivity index (χ2v) is 2.98. The van der Waals surface area contributed by atoms with Gasteiger partial charge in [-0.3, -0.25) is 4.98 Å². The highest BCUT2D eigenvalue weighted by Gasteiger charge is 1.92. The minimum atomic E-state index is 0.769. The van der Waals surface area contributed by atoms with Crippen LogP contribution < -0.4 is 11.1 Å². The van der Waals surface area contributed by atoms with E-state index in [0.29, 0.717) is 0 Å². The molecule has 2 aromatic rings. The molecule has 0 bridgehead atoms. The first-order chi connectivity index (χ1) is 6.84. The van der Waals surface area contributed by atoms with E-state index in [1.807, 2.05) is 36.4 Å². The van der Waals surface area contributed by atoms with Crippen LogP contribution in [0.2, 0.25) is 0 Å². The molecule has 0 saturated carbocycles. The first-order valence-electron chi connectivity index (χ1n) is 4.37. The van der Waals surface area contributed by atoms with Crippen LogP contribution in [0.15, 0.2) is 48.8 Å². The van der Waals surface area contributed by atoms with Gasteiger partial charge in [0.05, 0.1) is 0 Å². The minimum absolute atomic E-state index is 0.769. The predicted octanol–water partition coefficient (Wildman–Crippen LogP) is 2.41. The Labute approximate surface area is 82.6 Å². The molecule has 2 rings (SSSR count). The molecule has 0 fully saturated rings. The number of nitrogens with zero attached hydrogens (tertiary/aromatic N) is 1. The Morgan fingerprint density at radius 2 is 1.43 bits per heavy atom. The zero-order valence-electron chi connectivity index (χ0n) is 7.64. The number of hydrogen-bond acceptors (Lipinski definition) is 3. The molecule has 1 heterocycles. The number of hydrogen-bond donors (Lipinski definition) is 2. The third-order valence-electron chi connectivity index (χ3n) is 1.88. The summed E-state index contributed by atoms with van der Waals surface area (Å²) in [5.74, 6) is 0. The third kappa shape index (κ3) is 2.01. The van der Waals surface area contributed by atoms with Gasteiger partial charge in [0, 0.05) is 29.5 Å². The van der Waals surface area contributed by atoms with Crippen LogP contribution in [0.5, 0.6) is 0 Å². The van der Waals surface area contributed by atoms with Gasteiger partial charge in [-0.1, -0.05) is 0 Å². The van der Waals surface area contributed by atoms with Crippen molar-refractivity contribution in [2.24, 2.45) is 0 Å². The summed E-state index contributed by atoms with van der Waals surface area (Å²) >= 11 is 0. The number of nitrogens with one attached hydrogen (secondary N) is 1. The molecule has 14 heavy (non-hydrogen) atoms. The van der Waals surface area contributed by atoms with Gasteiger partial charge in [0.25, 0.3) is 0 Å². The van der Waals surface area contributed by atoms with Crippen LogP contribution in [0.3, 0.4) is 0 Å². The van der Waals surface area contributed by atoms with Gasteiger partial charge in [0.2, 0.25) is 0 Å². The number of anilines is 3. The van der Waals surface area contributed by atoms with E-state index in [1.165, 1.54) is 0 Å². The molecular formula is C11H11N3. The lowest BCUT2D eigenvalue weighted by Crippen LogP contribution is -1.90. The summed E-state index contributed by atoms with van der Waals surface area (Å²) in [5.41, 5.74) is 8.39. The quantitative estimate of drug-likeness (QED) is 0.706. The lowest BCUT2D eigenvalue weighted by molar-refractivity contribution is 1.32. The van der Waals surface area contributed by atoms with E-state index in [-0.39, 0.29) is 0 Å². The Hall–Kier alpha value is -2.03. The van der Waals surface area contributed by atoms with Crippen molar-refractivity contribution in [1.82, 2.24) is 4.98 Å². The molecule has 3 nitrogen and oxygen atoms in total. The molecular weight excluding hydrogens is 174 g/mol. The lowest BCUT2D eigenvalue weighted by atomic mass is 10.3. The van der Waals surface area contributed by atoms with Crippen LogP contribution in [0.25, 0.3) is 0 Å². The summed E-state index contributed by atoms with van der Waals surface area (Å²) in [7, 11) is 0. The average Bonchev–Trinajstić information content (AvgIpc) is 2.23. The molecule has 0 unspecified atom stereocenters. The van der Waals surface area contributed by atoms with Crippen molar-refractivity contribution in [3.63, 3.8) is 0 Å². The summed E-state index contributed by atoms with van der Waals surface area (Å²) in [5, 5.41) is 3.24. The van der Waals surface area contributed by atoms with Crippen LogP contribution >= 0.6 is 0 Å². The van der Waals surface area contributed by atoms with E-state index in [2.05, 4.69) is 10.3 Å². The summed E-state index contributed by atoms with van der Waals surface area (Å²) in [6.07, 6.45) is 3.50. The first kappa shape index (κ1) is 8.56. The number of rotatable bonds is 2. The fourth-order valence-electron chi connectivity index (χ4n) is 1.17. The summed E-state index contributed by atoms with van der Waals surface area (Å²) in [4.78, 5) is 3.94. The molecule has 0 aliphatic carbocycles. The normalized spacial score (nSPS) is 9.71. The van der Waals surface area contributed by atoms with Crippen LogP contribution in [-0.2, 0) is 0 Å². The van der Waals surface area contributed by atoms with E-state index < -0.39 is 0 Å². The number of nitrogen functional groups attached to an aromatic ring is 1. The van der Waals surface area contributed by atoms with Crippen LogP contribution in [0.4, 0.5) is 17.1 Å². The van der Waals surface area contributed by atoms with Crippen molar-refractivity contribution in [2.45, 2.75) is 0 Å². The first-order valence-corrected chi connectivity index (χ1v) is 4.37. The van der Waals surface area contributed by atoms with Gasteiger partial charge in [-0.05, 0) is 36.4 Å². The lowest BCUT2D eigenvalue weighted by Gasteiger charge is -2.05. The second-order valence-electron chi connectivity index (χ2n) is 2.98. The summed E-state index contributed by atoms with van der Waals surface area (Å²) in [6.45, 7) is 0. The molecule has 0 aliphatic rings.